The minimum atomic E-state index is -2.44. The van der Waals surface area contributed by atoms with Crippen molar-refractivity contribution in [2.24, 2.45) is 0 Å². The molecule has 1 rings (SSSR count). The number of hydrogen-bond acceptors (Lipinski definition) is 1. The highest BCUT2D eigenvalue weighted by molar-refractivity contribution is 5.50. The van der Waals surface area contributed by atoms with Crippen LogP contribution in [0.1, 0.15) is 29.5 Å². The number of halogens is 2. The van der Waals surface area contributed by atoms with E-state index in [0.717, 1.165) is 17.4 Å². The number of carbonyl (C=O) groups excluding carboxylic acids is 1. The molecule has 0 aliphatic carbocycles. The molecule has 0 amide bonds. The number of aldehydes is 1. The van der Waals surface area contributed by atoms with Crippen LogP contribution in [0.15, 0.2) is 18.2 Å². The van der Waals surface area contributed by atoms with Gasteiger partial charge < -0.3 is 4.79 Å². The third-order valence-electron chi connectivity index (χ3n) is 2.16. The van der Waals surface area contributed by atoms with Crippen molar-refractivity contribution in [3.8, 4) is 0 Å². The van der Waals surface area contributed by atoms with Gasteiger partial charge in [0.15, 0.2) is 0 Å². The second kappa shape index (κ2) is 4.84. The lowest BCUT2D eigenvalue weighted by Gasteiger charge is -2.06. The van der Waals surface area contributed by atoms with Gasteiger partial charge in [-0.05, 0) is 30.5 Å². The Balaban J connectivity index is 2.90. The summed E-state index contributed by atoms with van der Waals surface area (Å²) in [7, 11) is 0. The Morgan fingerprint density at radius 3 is 2.71 bits per heavy atom. The van der Waals surface area contributed by atoms with Crippen LogP contribution in [0.2, 0.25) is 0 Å². The molecule has 0 bridgehead atoms. The molecule has 0 unspecified atom stereocenters. The fourth-order valence-corrected chi connectivity index (χ4v) is 1.31. The van der Waals surface area contributed by atoms with Crippen LogP contribution in [-0.4, -0.2) is 6.29 Å². The van der Waals surface area contributed by atoms with E-state index in [0.29, 0.717) is 12.8 Å². The third kappa shape index (κ3) is 2.62. The van der Waals surface area contributed by atoms with Crippen LogP contribution in [0, 0.1) is 6.92 Å². The zero-order valence-corrected chi connectivity index (χ0v) is 7.97. The number of aryl methyl sites for hydroxylation is 2. The number of rotatable bonds is 4. The van der Waals surface area contributed by atoms with Crippen molar-refractivity contribution in [1.82, 2.24) is 0 Å². The smallest absolute Gasteiger partial charge is 0.263 e. The van der Waals surface area contributed by atoms with Gasteiger partial charge >= 0.3 is 0 Å². The summed E-state index contributed by atoms with van der Waals surface area (Å²) in [6.07, 6.45) is -0.719. The average molecular weight is 198 g/mol. The van der Waals surface area contributed by atoms with Gasteiger partial charge in [-0.15, -0.1) is 0 Å². The summed E-state index contributed by atoms with van der Waals surface area (Å²) in [4.78, 5) is 10.2. The molecule has 0 aliphatic rings. The number of carbonyl (C=O) groups is 1. The molecule has 0 radical (unpaired) electrons. The summed E-state index contributed by atoms with van der Waals surface area (Å²) >= 11 is 0. The summed E-state index contributed by atoms with van der Waals surface area (Å²) in [5.74, 6) is 0. The lowest BCUT2D eigenvalue weighted by Crippen LogP contribution is -1.94. The van der Waals surface area contributed by atoms with Crippen molar-refractivity contribution in [2.45, 2.75) is 26.2 Å². The summed E-state index contributed by atoms with van der Waals surface area (Å²) in [5, 5.41) is 0. The van der Waals surface area contributed by atoms with Gasteiger partial charge in [0.2, 0.25) is 0 Å². The predicted octanol–water partition coefficient (Wildman–Crippen LogP) is 3.06. The molecule has 1 nitrogen and oxygen atoms in total. The minimum Gasteiger partial charge on any atom is -0.303 e. The summed E-state index contributed by atoms with van der Waals surface area (Å²) < 4.78 is 24.7. The van der Waals surface area contributed by atoms with Crippen LogP contribution >= 0.6 is 0 Å². The van der Waals surface area contributed by atoms with E-state index in [1.54, 1.807) is 6.07 Å². The minimum absolute atomic E-state index is 0.0245. The molecule has 14 heavy (non-hydrogen) atoms. The number of alkyl halides is 2. The van der Waals surface area contributed by atoms with Crippen molar-refractivity contribution in [3.63, 3.8) is 0 Å². The first kappa shape index (κ1) is 10.8. The quantitative estimate of drug-likeness (QED) is 0.679. The summed E-state index contributed by atoms with van der Waals surface area (Å²) in [5.41, 5.74) is 1.81. The topological polar surface area (TPSA) is 17.1 Å². The van der Waals surface area contributed by atoms with Crippen molar-refractivity contribution in [3.05, 3.63) is 34.9 Å². The van der Waals surface area contributed by atoms with Gasteiger partial charge in [-0.1, -0.05) is 12.1 Å². The van der Waals surface area contributed by atoms with Crippen LogP contribution in [0.3, 0.4) is 0 Å². The maximum absolute atomic E-state index is 12.3. The standard InChI is InChI=1S/C11H12F2O/c1-8-4-5-10(11(12)13)7-9(8)3-2-6-14/h4-7,11H,2-3H2,1H3. The molecule has 0 heterocycles. The van der Waals surface area contributed by atoms with Crippen LogP contribution in [0.25, 0.3) is 0 Å². The van der Waals surface area contributed by atoms with Gasteiger partial charge in [0.25, 0.3) is 6.43 Å². The molecule has 0 saturated carbocycles. The summed E-state index contributed by atoms with van der Waals surface area (Å²) in [6, 6.07) is 4.57. The highest BCUT2D eigenvalue weighted by Crippen LogP contribution is 2.22. The molecule has 3 heteroatoms. The molecule has 0 saturated heterocycles. The van der Waals surface area contributed by atoms with E-state index in [4.69, 9.17) is 0 Å². The van der Waals surface area contributed by atoms with Gasteiger partial charge in [0.1, 0.15) is 6.29 Å². The second-order valence-electron chi connectivity index (χ2n) is 3.19. The molecular weight excluding hydrogens is 186 g/mol. The maximum Gasteiger partial charge on any atom is 0.263 e. The lowest BCUT2D eigenvalue weighted by atomic mass is 10.0. The number of benzene rings is 1. The van der Waals surface area contributed by atoms with Gasteiger partial charge in [-0.25, -0.2) is 8.78 Å². The molecule has 1 aromatic carbocycles. The van der Waals surface area contributed by atoms with Crippen LogP contribution in [-0.2, 0) is 11.2 Å². The SMILES string of the molecule is Cc1ccc(C(F)F)cc1CCC=O. The van der Waals surface area contributed by atoms with Crippen molar-refractivity contribution in [2.75, 3.05) is 0 Å². The van der Waals surface area contributed by atoms with E-state index in [1.165, 1.54) is 12.1 Å². The van der Waals surface area contributed by atoms with E-state index in [1.807, 2.05) is 6.92 Å². The molecular formula is C11H12F2O. The molecule has 0 aromatic heterocycles. The molecule has 0 atom stereocenters. The molecule has 0 aliphatic heterocycles. The molecule has 0 spiro atoms. The Labute approximate surface area is 81.7 Å². The van der Waals surface area contributed by atoms with Gasteiger partial charge in [0, 0.05) is 12.0 Å². The largest absolute Gasteiger partial charge is 0.303 e. The zero-order chi connectivity index (χ0) is 10.6. The Bertz CT molecular complexity index is 321. The Hall–Kier alpha value is -1.25. The first-order valence-electron chi connectivity index (χ1n) is 4.46. The van der Waals surface area contributed by atoms with Crippen LogP contribution < -0.4 is 0 Å². The fraction of sp³-hybridized carbons (Fsp3) is 0.364. The number of hydrogen-bond donors (Lipinski definition) is 0. The van der Waals surface area contributed by atoms with Crippen molar-refractivity contribution >= 4 is 6.29 Å². The van der Waals surface area contributed by atoms with Crippen molar-refractivity contribution < 1.29 is 13.6 Å². The predicted molar refractivity (Wildman–Crippen MR) is 50.5 cm³/mol. The van der Waals surface area contributed by atoms with E-state index >= 15 is 0 Å². The normalized spacial score (nSPS) is 10.6. The molecule has 76 valence electrons. The van der Waals surface area contributed by atoms with Gasteiger partial charge in [-0.3, -0.25) is 0 Å². The molecule has 0 N–H and O–H groups in total. The lowest BCUT2D eigenvalue weighted by molar-refractivity contribution is -0.107. The highest BCUT2D eigenvalue weighted by Gasteiger charge is 2.08. The molecule has 1 aromatic rings. The first-order valence-corrected chi connectivity index (χ1v) is 4.46. The van der Waals surface area contributed by atoms with Gasteiger partial charge in [-0.2, -0.15) is 0 Å². The fourth-order valence-electron chi connectivity index (χ4n) is 1.31. The summed E-state index contributed by atoms with van der Waals surface area (Å²) in [6.45, 7) is 1.86. The van der Waals surface area contributed by atoms with E-state index in [9.17, 15) is 13.6 Å². The Kier molecular flexibility index (Phi) is 3.74. The van der Waals surface area contributed by atoms with Crippen LogP contribution in [0.5, 0.6) is 0 Å². The second-order valence-corrected chi connectivity index (χ2v) is 3.19. The first-order chi connectivity index (χ1) is 6.65. The van der Waals surface area contributed by atoms with E-state index in [2.05, 4.69) is 0 Å². The molecule has 0 fully saturated rings. The van der Waals surface area contributed by atoms with Crippen LogP contribution in [0.4, 0.5) is 8.78 Å². The maximum atomic E-state index is 12.3. The Morgan fingerprint density at radius 2 is 2.14 bits per heavy atom. The Morgan fingerprint density at radius 1 is 1.43 bits per heavy atom. The van der Waals surface area contributed by atoms with E-state index < -0.39 is 6.43 Å². The monoisotopic (exact) mass is 198 g/mol. The third-order valence-corrected chi connectivity index (χ3v) is 2.16. The van der Waals surface area contributed by atoms with Gasteiger partial charge in [0.05, 0.1) is 0 Å². The van der Waals surface area contributed by atoms with Crippen molar-refractivity contribution in [1.29, 1.82) is 0 Å². The van der Waals surface area contributed by atoms with E-state index in [-0.39, 0.29) is 5.56 Å². The average Bonchev–Trinajstić information content (AvgIpc) is 2.16. The zero-order valence-electron chi connectivity index (χ0n) is 7.97. The highest BCUT2D eigenvalue weighted by atomic mass is 19.3.